The van der Waals surface area contributed by atoms with Crippen molar-refractivity contribution in [3.8, 4) is 11.3 Å². The lowest BCUT2D eigenvalue weighted by Gasteiger charge is -2.36. The predicted molar refractivity (Wildman–Crippen MR) is 88.1 cm³/mol. The van der Waals surface area contributed by atoms with Crippen molar-refractivity contribution in [2.45, 2.75) is 36.1 Å². The summed E-state index contributed by atoms with van der Waals surface area (Å²) in [6.45, 7) is 2.26. The molecule has 2 aliphatic rings. The zero-order chi connectivity index (χ0) is 16.9. The Morgan fingerprint density at radius 2 is 2.17 bits per heavy atom. The molecular formula is C16H16N4O3S. The molecular weight excluding hydrogens is 328 g/mol. The van der Waals surface area contributed by atoms with Crippen molar-refractivity contribution in [1.29, 1.82) is 0 Å². The summed E-state index contributed by atoms with van der Waals surface area (Å²) in [6.07, 6.45) is 2.23. The molecule has 0 saturated carbocycles. The fourth-order valence-corrected chi connectivity index (χ4v) is 5.17. The number of benzene rings is 1. The summed E-state index contributed by atoms with van der Waals surface area (Å²) in [5.74, 6) is -1.06. The van der Waals surface area contributed by atoms with Crippen LogP contribution in [-0.4, -0.2) is 53.0 Å². The van der Waals surface area contributed by atoms with Crippen LogP contribution in [0.15, 0.2) is 36.5 Å². The van der Waals surface area contributed by atoms with Gasteiger partial charge in [0.15, 0.2) is 0 Å². The Kier molecular flexibility index (Phi) is 3.38. The molecule has 2 fully saturated rings. The lowest BCUT2D eigenvalue weighted by molar-refractivity contribution is -0.157. The maximum atomic E-state index is 11.8. The highest BCUT2D eigenvalue weighted by Gasteiger charge is 2.60. The number of rotatable bonds is 4. The highest BCUT2D eigenvalue weighted by molar-refractivity contribution is 8.01. The van der Waals surface area contributed by atoms with E-state index in [4.69, 9.17) is 0 Å². The SMILES string of the molecule is CC1(Cn2cc(-c3ccccc3)nn2)SC2CC(=O)N2C1C(=O)O. The normalized spacial score (nSPS) is 28.5. The first-order chi connectivity index (χ1) is 11.5. The van der Waals surface area contributed by atoms with Crippen LogP contribution < -0.4 is 0 Å². The molecule has 3 atom stereocenters. The van der Waals surface area contributed by atoms with Crippen molar-refractivity contribution < 1.29 is 14.7 Å². The molecule has 2 saturated heterocycles. The zero-order valence-corrected chi connectivity index (χ0v) is 13.8. The molecule has 3 heterocycles. The lowest BCUT2D eigenvalue weighted by atomic mass is 9.96. The second-order valence-corrected chi connectivity index (χ2v) is 8.01. The van der Waals surface area contributed by atoms with Crippen LogP contribution in [0.4, 0.5) is 0 Å². The predicted octanol–water partition coefficient (Wildman–Crippen LogP) is 1.46. The monoisotopic (exact) mass is 344 g/mol. The van der Waals surface area contributed by atoms with E-state index in [1.165, 1.54) is 16.7 Å². The number of nitrogens with zero attached hydrogens (tertiary/aromatic N) is 4. The van der Waals surface area contributed by atoms with Crippen LogP contribution in [0.5, 0.6) is 0 Å². The van der Waals surface area contributed by atoms with Crippen molar-refractivity contribution in [3.63, 3.8) is 0 Å². The Bertz CT molecular complexity index is 809. The van der Waals surface area contributed by atoms with Gasteiger partial charge in [-0.15, -0.1) is 16.9 Å². The summed E-state index contributed by atoms with van der Waals surface area (Å²) >= 11 is 1.54. The molecule has 1 amide bonds. The Labute approximate surface area is 142 Å². The molecule has 24 heavy (non-hydrogen) atoms. The lowest BCUT2D eigenvalue weighted by Crippen LogP contribution is -2.58. The van der Waals surface area contributed by atoms with Gasteiger partial charge in [0.2, 0.25) is 5.91 Å². The number of carbonyl (C=O) groups is 2. The van der Waals surface area contributed by atoms with Crippen molar-refractivity contribution in [2.24, 2.45) is 0 Å². The Balaban J connectivity index is 1.59. The maximum absolute atomic E-state index is 11.8. The van der Waals surface area contributed by atoms with Crippen LogP contribution in [-0.2, 0) is 16.1 Å². The van der Waals surface area contributed by atoms with Crippen LogP contribution in [0.1, 0.15) is 13.3 Å². The van der Waals surface area contributed by atoms with E-state index in [2.05, 4.69) is 10.3 Å². The first-order valence-electron chi connectivity index (χ1n) is 7.65. The molecule has 1 N–H and O–H groups in total. The van der Waals surface area contributed by atoms with Crippen molar-refractivity contribution in [1.82, 2.24) is 19.9 Å². The third-order valence-corrected chi connectivity index (χ3v) is 6.08. The van der Waals surface area contributed by atoms with Gasteiger partial charge in [-0.1, -0.05) is 35.5 Å². The van der Waals surface area contributed by atoms with Gasteiger partial charge in [0, 0.05) is 5.56 Å². The number of β-lactam (4-membered cyclic amide) rings is 1. The molecule has 2 aromatic rings. The number of thioether (sulfide) groups is 1. The molecule has 8 heteroatoms. The maximum Gasteiger partial charge on any atom is 0.327 e. The molecule has 0 spiro atoms. The fraction of sp³-hybridized carbons (Fsp3) is 0.375. The molecule has 1 aromatic heterocycles. The first-order valence-corrected chi connectivity index (χ1v) is 8.53. The number of aromatic nitrogens is 3. The molecule has 0 radical (unpaired) electrons. The molecule has 0 bridgehead atoms. The van der Waals surface area contributed by atoms with Gasteiger partial charge in [-0.25, -0.2) is 4.79 Å². The second-order valence-electron chi connectivity index (χ2n) is 6.30. The smallest absolute Gasteiger partial charge is 0.327 e. The molecule has 0 aliphatic carbocycles. The molecule has 3 unspecified atom stereocenters. The standard InChI is InChI=1S/C16H16N4O3S/c1-16(14(15(22)23)20-12(21)7-13(20)24-16)9-19-8-11(17-18-19)10-5-3-2-4-6-10/h2-6,8,13-14H,7,9H2,1H3,(H,22,23). The topological polar surface area (TPSA) is 88.3 Å². The highest BCUT2D eigenvalue weighted by atomic mass is 32.2. The Morgan fingerprint density at radius 1 is 1.42 bits per heavy atom. The van der Waals surface area contributed by atoms with E-state index < -0.39 is 16.8 Å². The average molecular weight is 344 g/mol. The van der Waals surface area contributed by atoms with E-state index in [9.17, 15) is 14.7 Å². The third kappa shape index (κ3) is 2.29. The van der Waals surface area contributed by atoms with E-state index in [0.29, 0.717) is 13.0 Å². The van der Waals surface area contributed by atoms with Gasteiger partial charge in [0.25, 0.3) is 0 Å². The number of carbonyl (C=O) groups excluding carboxylic acids is 1. The number of hydrogen-bond donors (Lipinski definition) is 1. The summed E-state index contributed by atoms with van der Waals surface area (Å²) in [4.78, 5) is 25.0. The first kappa shape index (κ1) is 15.2. The third-order valence-electron chi connectivity index (χ3n) is 4.53. The summed E-state index contributed by atoms with van der Waals surface area (Å²) in [5, 5.41) is 17.9. The van der Waals surface area contributed by atoms with Gasteiger partial charge in [-0.3, -0.25) is 9.48 Å². The number of carboxylic acids is 1. The van der Waals surface area contributed by atoms with Gasteiger partial charge in [-0.05, 0) is 6.92 Å². The minimum absolute atomic E-state index is 0.0410. The molecule has 1 aromatic carbocycles. The van der Waals surface area contributed by atoms with Gasteiger partial charge >= 0.3 is 5.97 Å². The van der Waals surface area contributed by atoms with Crippen molar-refractivity contribution in [2.75, 3.05) is 0 Å². The molecule has 4 rings (SSSR count). The minimum Gasteiger partial charge on any atom is -0.480 e. The average Bonchev–Trinajstić information content (AvgIpc) is 3.09. The Morgan fingerprint density at radius 3 is 2.83 bits per heavy atom. The van der Waals surface area contributed by atoms with Gasteiger partial charge < -0.3 is 10.0 Å². The number of fused-ring (bicyclic) bond motifs is 1. The van der Waals surface area contributed by atoms with Crippen LogP contribution in [0.3, 0.4) is 0 Å². The van der Waals surface area contributed by atoms with Gasteiger partial charge in [0.1, 0.15) is 11.7 Å². The second kappa shape index (κ2) is 5.34. The Hall–Kier alpha value is -2.35. The van der Waals surface area contributed by atoms with Crippen LogP contribution in [0.25, 0.3) is 11.3 Å². The molecule has 7 nitrogen and oxygen atoms in total. The largest absolute Gasteiger partial charge is 0.480 e. The fourth-order valence-electron chi connectivity index (χ4n) is 3.42. The van der Waals surface area contributed by atoms with E-state index in [1.807, 2.05) is 43.5 Å². The quantitative estimate of drug-likeness (QED) is 0.845. The van der Waals surface area contributed by atoms with Crippen LogP contribution >= 0.6 is 11.8 Å². The summed E-state index contributed by atoms with van der Waals surface area (Å²) < 4.78 is 1.03. The molecule has 124 valence electrons. The van der Waals surface area contributed by atoms with Crippen LogP contribution in [0.2, 0.25) is 0 Å². The van der Waals surface area contributed by atoms with Gasteiger partial charge in [0.05, 0.1) is 29.3 Å². The van der Waals surface area contributed by atoms with E-state index in [-0.39, 0.29) is 11.3 Å². The van der Waals surface area contributed by atoms with Gasteiger partial charge in [-0.2, -0.15) is 0 Å². The number of hydrogen-bond acceptors (Lipinski definition) is 5. The minimum atomic E-state index is -0.969. The van der Waals surface area contributed by atoms with E-state index >= 15 is 0 Å². The number of aliphatic carboxylic acids is 1. The summed E-state index contributed by atoms with van der Waals surface area (Å²) in [7, 11) is 0. The number of carboxylic acid groups (broad SMARTS) is 1. The van der Waals surface area contributed by atoms with Crippen LogP contribution in [0, 0.1) is 0 Å². The van der Waals surface area contributed by atoms with Crippen molar-refractivity contribution >= 4 is 23.6 Å². The van der Waals surface area contributed by atoms with E-state index in [0.717, 1.165) is 11.3 Å². The summed E-state index contributed by atoms with van der Waals surface area (Å²) in [5.41, 5.74) is 1.70. The summed E-state index contributed by atoms with van der Waals surface area (Å²) in [6, 6.07) is 8.86. The van der Waals surface area contributed by atoms with E-state index in [1.54, 1.807) is 4.68 Å². The zero-order valence-electron chi connectivity index (χ0n) is 13.0. The highest BCUT2D eigenvalue weighted by Crippen LogP contribution is 2.51. The number of amides is 1. The molecule has 2 aliphatic heterocycles. The van der Waals surface area contributed by atoms with Crippen molar-refractivity contribution in [3.05, 3.63) is 36.5 Å².